The first-order valence-electron chi connectivity index (χ1n) is 8.00. The maximum atomic E-state index is 12.4. The van der Waals surface area contributed by atoms with Crippen LogP contribution in [0.4, 0.5) is 0 Å². The topological polar surface area (TPSA) is 29.1 Å². The van der Waals surface area contributed by atoms with Gasteiger partial charge >= 0.3 is 0 Å². The molecular formula is C20H25NOS. The Labute approximate surface area is 143 Å². The van der Waals surface area contributed by atoms with Crippen LogP contribution < -0.4 is 5.32 Å². The summed E-state index contributed by atoms with van der Waals surface area (Å²) in [5, 5.41) is 3.07. The first kappa shape index (κ1) is 17.6. The monoisotopic (exact) mass is 327 g/mol. The molecular weight excluding hydrogens is 302 g/mol. The van der Waals surface area contributed by atoms with Gasteiger partial charge in [-0.3, -0.25) is 4.79 Å². The van der Waals surface area contributed by atoms with Gasteiger partial charge in [0, 0.05) is 5.75 Å². The second-order valence-corrected chi connectivity index (χ2v) is 7.36. The predicted molar refractivity (Wildman–Crippen MR) is 99.7 cm³/mol. The predicted octanol–water partition coefficient (Wildman–Crippen LogP) is 4.80. The van der Waals surface area contributed by atoms with Gasteiger partial charge in [-0.2, -0.15) is 0 Å². The summed E-state index contributed by atoms with van der Waals surface area (Å²) in [7, 11) is 0. The van der Waals surface area contributed by atoms with Crippen molar-refractivity contribution in [2.45, 2.75) is 44.7 Å². The van der Waals surface area contributed by atoms with Gasteiger partial charge in [0.2, 0.25) is 5.91 Å². The molecule has 3 heteroatoms. The second-order valence-electron chi connectivity index (χ2n) is 6.03. The van der Waals surface area contributed by atoms with Gasteiger partial charge in [0.05, 0.1) is 11.3 Å². The Hall–Kier alpha value is -1.74. The summed E-state index contributed by atoms with van der Waals surface area (Å²) in [4.78, 5) is 12.4. The summed E-state index contributed by atoms with van der Waals surface area (Å²) in [6.07, 6.45) is 0. The summed E-state index contributed by atoms with van der Waals surface area (Å²) in [5.41, 5.74) is 4.88. The molecule has 0 heterocycles. The lowest BCUT2D eigenvalue weighted by Gasteiger charge is -2.20. The third-order valence-corrected chi connectivity index (χ3v) is 5.19. The summed E-state index contributed by atoms with van der Waals surface area (Å²) >= 11 is 1.67. The summed E-state index contributed by atoms with van der Waals surface area (Å²) in [5.74, 6) is 0.951. The van der Waals surface area contributed by atoms with E-state index in [1.165, 1.54) is 22.3 Å². The Kier molecular flexibility index (Phi) is 6.28. The number of aryl methyl sites for hydroxylation is 2. The molecule has 0 spiro atoms. The van der Waals surface area contributed by atoms with Gasteiger partial charge in [-0.25, -0.2) is 0 Å². The summed E-state index contributed by atoms with van der Waals surface area (Å²) < 4.78 is 0. The van der Waals surface area contributed by atoms with Gasteiger partial charge in [-0.15, -0.1) is 11.8 Å². The first-order valence-corrected chi connectivity index (χ1v) is 9.05. The molecule has 2 rings (SSSR count). The third kappa shape index (κ3) is 5.14. The molecule has 0 saturated carbocycles. The molecule has 2 atom stereocenters. The van der Waals surface area contributed by atoms with E-state index < -0.39 is 0 Å². The molecule has 2 aromatic rings. The Morgan fingerprint density at radius 2 is 1.78 bits per heavy atom. The number of benzene rings is 2. The average molecular weight is 327 g/mol. The van der Waals surface area contributed by atoms with Crippen LogP contribution in [0, 0.1) is 13.8 Å². The molecule has 2 nitrogen and oxygen atoms in total. The van der Waals surface area contributed by atoms with Crippen molar-refractivity contribution in [2.75, 3.05) is 0 Å². The quantitative estimate of drug-likeness (QED) is 0.825. The maximum absolute atomic E-state index is 12.4. The highest BCUT2D eigenvalue weighted by molar-refractivity contribution is 7.99. The minimum atomic E-state index is -0.0669. The fourth-order valence-corrected chi connectivity index (χ4v) is 3.36. The van der Waals surface area contributed by atoms with Crippen molar-refractivity contribution in [3.63, 3.8) is 0 Å². The number of nitrogens with one attached hydrogen (secondary N) is 1. The molecule has 0 aliphatic rings. The van der Waals surface area contributed by atoms with Gasteiger partial charge in [-0.1, -0.05) is 54.1 Å². The molecule has 0 fully saturated rings. The molecule has 1 N–H and O–H groups in total. The zero-order chi connectivity index (χ0) is 16.8. The van der Waals surface area contributed by atoms with E-state index in [2.05, 4.69) is 49.5 Å². The minimum Gasteiger partial charge on any atom is -0.349 e. The van der Waals surface area contributed by atoms with Crippen LogP contribution in [0.15, 0.2) is 48.5 Å². The highest BCUT2D eigenvalue weighted by Gasteiger charge is 2.17. The number of rotatable bonds is 6. The Balaban J connectivity index is 1.91. The van der Waals surface area contributed by atoms with Crippen LogP contribution >= 0.6 is 11.8 Å². The van der Waals surface area contributed by atoms with Crippen LogP contribution in [0.5, 0.6) is 0 Å². The van der Waals surface area contributed by atoms with E-state index in [-0.39, 0.29) is 17.2 Å². The summed E-state index contributed by atoms with van der Waals surface area (Å²) in [6, 6.07) is 16.7. The van der Waals surface area contributed by atoms with Crippen molar-refractivity contribution in [1.29, 1.82) is 0 Å². The summed E-state index contributed by atoms with van der Waals surface area (Å²) in [6.45, 7) is 8.19. The van der Waals surface area contributed by atoms with E-state index >= 15 is 0 Å². The van der Waals surface area contributed by atoms with Gasteiger partial charge in [0.15, 0.2) is 0 Å². The van der Waals surface area contributed by atoms with Crippen molar-refractivity contribution < 1.29 is 4.79 Å². The fourth-order valence-electron chi connectivity index (χ4n) is 2.51. The molecule has 0 saturated heterocycles. The van der Waals surface area contributed by atoms with Crippen LogP contribution in [0.3, 0.4) is 0 Å². The second kappa shape index (κ2) is 8.21. The number of carbonyl (C=O) groups excluding carboxylic acids is 1. The van der Waals surface area contributed by atoms with Crippen LogP contribution in [-0.2, 0) is 10.5 Å². The smallest absolute Gasteiger partial charge is 0.233 e. The molecule has 0 aromatic heterocycles. The van der Waals surface area contributed by atoms with Crippen molar-refractivity contribution in [3.8, 4) is 0 Å². The molecule has 1 amide bonds. The molecule has 2 aromatic carbocycles. The first-order chi connectivity index (χ1) is 11.0. The van der Waals surface area contributed by atoms with E-state index in [1.54, 1.807) is 11.8 Å². The largest absolute Gasteiger partial charge is 0.349 e. The van der Waals surface area contributed by atoms with E-state index in [9.17, 15) is 4.79 Å². The zero-order valence-electron chi connectivity index (χ0n) is 14.3. The minimum absolute atomic E-state index is 0.0298. The molecule has 0 aliphatic carbocycles. The van der Waals surface area contributed by atoms with Crippen molar-refractivity contribution in [2.24, 2.45) is 0 Å². The van der Waals surface area contributed by atoms with E-state index in [4.69, 9.17) is 0 Å². The lowest BCUT2D eigenvalue weighted by Crippen LogP contribution is -2.33. The van der Waals surface area contributed by atoms with Crippen molar-refractivity contribution in [3.05, 3.63) is 70.8 Å². The number of carbonyl (C=O) groups is 1. The SMILES string of the molecule is Cc1ccc(C)c([C@@H](C)NC(=O)[C@@H](C)SCc2ccccc2)c1. The molecule has 0 bridgehead atoms. The molecule has 23 heavy (non-hydrogen) atoms. The number of hydrogen-bond acceptors (Lipinski definition) is 2. The Morgan fingerprint density at radius 3 is 2.48 bits per heavy atom. The highest BCUT2D eigenvalue weighted by atomic mass is 32.2. The number of hydrogen-bond donors (Lipinski definition) is 1. The van der Waals surface area contributed by atoms with Crippen molar-refractivity contribution in [1.82, 2.24) is 5.32 Å². The van der Waals surface area contributed by atoms with Gasteiger partial charge in [-0.05, 0) is 44.4 Å². The maximum Gasteiger partial charge on any atom is 0.233 e. The normalized spacial score (nSPS) is 13.4. The lowest BCUT2D eigenvalue weighted by atomic mass is 10.00. The van der Waals surface area contributed by atoms with Crippen LogP contribution in [0.1, 0.15) is 42.1 Å². The molecule has 122 valence electrons. The number of amides is 1. The van der Waals surface area contributed by atoms with Crippen LogP contribution in [0.2, 0.25) is 0 Å². The Morgan fingerprint density at radius 1 is 1.09 bits per heavy atom. The zero-order valence-corrected chi connectivity index (χ0v) is 15.1. The van der Waals surface area contributed by atoms with Gasteiger partial charge < -0.3 is 5.32 Å². The Bertz CT molecular complexity index is 654. The standard InChI is InChI=1S/C20H25NOS/c1-14-10-11-15(2)19(12-14)16(3)21-20(22)17(4)23-13-18-8-6-5-7-9-18/h5-12,16-17H,13H2,1-4H3,(H,21,22)/t16-,17-/m1/s1. The van der Waals surface area contributed by atoms with E-state index in [0.717, 1.165) is 5.75 Å². The highest BCUT2D eigenvalue weighted by Crippen LogP contribution is 2.21. The average Bonchev–Trinajstić information content (AvgIpc) is 2.55. The number of thioether (sulfide) groups is 1. The van der Waals surface area contributed by atoms with E-state index in [1.807, 2.05) is 32.0 Å². The molecule has 0 unspecified atom stereocenters. The fraction of sp³-hybridized carbons (Fsp3) is 0.350. The molecule has 0 aliphatic heterocycles. The van der Waals surface area contributed by atoms with Gasteiger partial charge in [0.25, 0.3) is 0 Å². The van der Waals surface area contributed by atoms with E-state index in [0.29, 0.717) is 0 Å². The van der Waals surface area contributed by atoms with Crippen LogP contribution in [0.25, 0.3) is 0 Å². The molecule has 0 radical (unpaired) electrons. The lowest BCUT2D eigenvalue weighted by molar-refractivity contribution is -0.120. The van der Waals surface area contributed by atoms with Crippen molar-refractivity contribution >= 4 is 17.7 Å². The van der Waals surface area contributed by atoms with Crippen LogP contribution in [-0.4, -0.2) is 11.2 Å². The third-order valence-electron chi connectivity index (χ3n) is 3.97. The van der Waals surface area contributed by atoms with Gasteiger partial charge in [0.1, 0.15) is 0 Å².